The van der Waals surface area contributed by atoms with Crippen molar-refractivity contribution in [2.24, 2.45) is 10.7 Å². The quantitative estimate of drug-likeness (QED) is 0.488. The second kappa shape index (κ2) is 7.64. The maximum absolute atomic E-state index is 5.90. The van der Waals surface area contributed by atoms with E-state index >= 15 is 0 Å². The monoisotopic (exact) mass is 300 g/mol. The van der Waals surface area contributed by atoms with Crippen LogP contribution in [0.2, 0.25) is 0 Å². The number of benzene rings is 1. The van der Waals surface area contributed by atoms with Crippen molar-refractivity contribution < 1.29 is 4.52 Å². The highest BCUT2D eigenvalue weighted by molar-refractivity contribution is 5.92. The summed E-state index contributed by atoms with van der Waals surface area (Å²) in [4.78, 5) is 4.35. The molecular weight excluding hydrogens is 276 g/mol. The fraction of sp³-hybridized carbons (Fsp3) is 0.412. The average Bonchev–Trinajstić information content (AvgIpc) is 2.83. The third-order valence-electron chi connectivity index (χ3n) is 3.68. The summed E-state index contributed by atoms with van der Waals surface area (Å²) in [6.07, 6.45) is 2.86. The first-order valence-corrected chi connectivity index (χ1v) is 7.67. The molecule has 0 bridgehead atoms. The van der Waals surface area contributed by atoms with Gasteiger partial charge in [0.25, 0.3) is 0 Å². The third-order valence-corrected chi connectivity index (χ3v) is 3.68. The van der Waals surface area contributed by atoms with Crippen molar-refractivity contribution in [3.8, 4) is 0 Å². The molecule has 0 aliphatic heterocycles. The standard InChI is InChI=1S/C17H24N4O/c1-4-14-7-9-15(10-8-14)20-17(18)19-11-5-6-16-12(2)21-22-13(16)3/h7-10H,4-6,11H2,1-3H3,(H3,18,19,20). The van der Waals surface area contributed by atoms with E-state index in [0.29, 0.717) is 12.5 Å². The molecule has 5 heteroatoms. The lowest BCUT2D eigenvalue weighted by Crippen LogP contribution is -2.22. The third kappa shape index (κ3) is 4.35. The molecule has 0 fully saturated rings. The molecule has 0 aliphatic carbocycles. The number of hydrogen-bond donors (Lipinski definition) is 2. The van der Waals surface area contributed by atoms with Gasteiger partial charge in [-0.05, 0) is 50.8 Å². The fourth-order valence-corrected chi connectivity index (χ4v) is 2.33. The van der Waals surface area contributed by atoms with E-state index in [1.54, 1.807) is 0 Å². The van der Waals surface area contributed by atoms with Crippen LogP contribution < -0.4 is 11.1 Å². The number of aryl methyl sites for hydroxylation is 3. The summed E-state index contributed by atoms with van der Waals surface area (Å²) in [5.41, 5.74) is 10.3. The van der Waals surface area contributed by atoms with Crippen LogP contribution in [0.1, 0.15) is 35.9 Å². The van der Waals surface area contributed by atoms with E-state index in [9.17, 15) is 0 Å². The molecule has 0 amide bonds. The molecular formula is C17H24N4O. The van der Waals surface area contributed by atoms with E-state index in [1.807, 2.05) is 26.0 Å². The van der Waals surface area contributed by atoms with Gasteiger partial charge in [0.05, 0.1) is 5.69 Å². The van der Waals surface area contributed by atoms with E-state index in [4.69, 9.17) is 10.3 Å². The molecule has 0 unspecified atom stereocenters. The van der Waals surface area contributed by atoms with Gasteiger partial charge in [-0.1, -0.05) is 24.2 Å². The number of guanidine groups is 1. The molecule has 2 rings (SSSR count). The number of nitrogens with one attached hydrogen (secondary N) is 1. The Labute approximate surface area is 131 Å². The predicted molar refractivity (Wildman–Crippen MR) is 90.2 cm³/mol. The Morgan fingerprint density at radius 2 is 2.00 bits per heavy atom. The normalized spacial score (nSPS) is 11.7. The Bertz CT molecular complexity index is 609. The van der Waals surface area contributed by atoms with E-state index < -0.39 is 0 Å². The van der Waals surface area contributed by atoms with E-state index in [2.05, 4.69) is 34.5 Å². The molecule has 0 saturated heterocycles. The van der Waals surface area contributed by atoms with Crippen LogP contribution >= 0.6 is 0 Å². The van der Waals surface area contributed by atoms with Gasteiger partial charge in [0.1, 0.15) is 5.76 Å². The van der Waals surface area contributed by atoms with Gasteiger partial charge in [0, 0.05) is 17.8 Å². The number of rotatable bonds is 6. The molecule has 0 radical (unpaired) electrons. The summed E-state index contributed by atoms with van der Waals surface area (Å²) >= 11 is 0. The lowest BCUT2D eigenvalue weighted by Gasteiger charge is -2.06. The van der Waals surface area contributed by atoms with Crippen molar-refractivity contribution in [2.45, 2.75) is 40.0 Å². The number of anilines is 1. The molecule has 1 aromatic heterocycles. The highest BCUT2D eigenvalue weighted by Crippen LogP contribution is 2.14. The Morgan fingerprint density at radius 3 is 2.59 bits per heavy atom. The van der Waals surface area contributed by atoms with E-state index in [1.165, 1.54) is 11.1 Å². The Morgan fingerprint density at radius 1 is 1.27 bits per heavy atom. The summed E-state index contributed by atoms with van der Waals surface area (Å²) in [5.74, 6) is 1.34. The molecule has 1 heterocycles. The first-order chi connectivity index (χ1) is 10.6. The Kier molecular flexibility index (Phi) is 5.58. The molecule has 2 aromatic rings. The van der Waals surface area contributed by atoms with Crippen LogP contribution in [-0.4, -0.2) is 17.7 Å². The zero-order chi connectivity index (χ0) is 15.9. The van der Waals surface area contributed by atoms with Gasteiger partial charge < -0.3 is 15.6 Å². The van der Waals surface area contributed by atoms with Gasteiger partial charge in [0.2, 0.25) is 0 Å². The second-order valence-electron chi connectivity index (χ2n) is 5.35. The summed E-state index contributed by atoms with van der Waals surface area (Å²) in [5, 5.41) is 7.06. The smallest absolute Gasteiger partial charge is 0.193 e. The van der Waals surface area contributed by atoms with Crippen LogP contribution in [0, 0.1) is 13.8 Å². The van der Waals surface area contributed by atoms with Crippen molar-refractivity contribution in [3.05, 3.63) is 46.8 Å². The van der Waals surface area contributed by atoms with Crippen molar-refractivity contribution in [3.63, 3.8) is 0 Å². The molecule has 0 atom stereocenters. The minimum atomic E-state index is 0.447. The maximum Gasteiger partial charge on any atom is 0.193 e. The molecule has 22 heavy (non-hydrogen) atoms. The Balaban J connectivity index is 1.80. The molecule has 0 saturated carbocycles. The summed E-state index contributed by atoms with van der Waals surface area (Å²) < 4.78 is 5.15. The maximum atomic E-state index is 5.90. The molecule has 5 nitrogen and oxygen atoms in total. The largest absolute Gasteiger partial charge is 0.370 e. The fourth-order valence-electron chi connectivity index (χ4n) is 2.33. The molecule has 118 valence electrons. The first kappa shape index (κ1) is 16.1. The van der Waals surface area contributed by atoms with Gasteiger partial charge in [-0.2, -0.15) is 0 Å². The van der Waals surface area contributed by atoms with Gasteiger partial charge in [-0.3, -0.25) is 4.99 Å². The van der Waals surface area contributed by atoms with Crippen LogP contribution in [0.4, 0.5) is 5.69 Å². The minimum absolute atomic E-state index is 0.447. The Hall–Kier alpha value is -2.30. The van der Waals surface area contributed by atoms with Gasteiger partial charge in [-0.15, -0.1) is 0 Å². The van der Waals surface area contributed by atoms with Crippen LogP contribution in [0.15, 0.2) is 33.8 Å². The van der Waals surface area contributed by atoms with Crippen molar-refractivity contribution in [1.29, 1.82) is 0 Å². The predicted octanol–water partition coefficient (Wildman–Crippen LogP) is 3.21. The summed E-state index contributed by atoms with van der Waals surface area (Å²) in [6, 6.07) is 8.22. The van der Waals surface area contributed by atoms with Crippen molar-refractivity contribution >= 4 is 11.6 Å². The molecule has 0 spiro atoms. The van der Waals surface area contributed by atoms with Crippen LogP contribution in [0.3, 0.4) is 0 Å². The minimum Gasteiger partial charge on any atom is -0.370 e. The van der Waals surface area contributed by atoms with E-state index in [0.717, 1.165) is 36.4 Å². The molecule has 0 aliphatic rings. The van der Waals surface area contributed by atoms with Gasteiger partial charge >= 0.3 is 0 Å². The van der Waals surface area contributed by atoms with Crippen molar-refractivity contribution in [2.75, 3.05) is 11.9 Å². The molecule has 1 aromatic carbocycles. The lowest BCUT2D eigenvalue weighted by molar-refractivity contribution is 0.392. The first-order valence-electron chi connectivity index (χ1n) is 7.67. The lowest BCUT2D eigenvalue weighted by atomic mass is 10.1. The van der Waals surface area contributed by atoms with Crippen LogP contribution in [0.5, 0.6) is 0 Å². The van der Waals surface area contributed by atoms with Crippen LogP contribution in [0.25, 0.3) is 0 Å². The average molecular weight is 300 g/mol. The zero-order valence-corrected chi connectivity index (χ0v) is 13.5. The number of hydrogen-bond acceptors (Lipinski definition) is 3. The summed E-state index contributed by atoms with van der Waals surface area (Å²) in [6.45, 7) is 6.71. The number of aromatic nitrogens is 1. The topological polar surface area (TPSA) is 76.4 Å². The van der Waals surface area contributed by atoms with Crippen LogP contribution in [-0.2, 0) is 12.8 Å². The zero-order valence-electron chi connectivity index (χ0n) is 13.5. The number of aliphatic imine (C=N–C) groups is 1. The number of nitrogens with zero attached hydrogens (tertiary/aromatic N) is 2. The molecule has 3 N–H and O–H groups in total. The number of nitrogens with two attached hydrogens (primary N) is 1. The van der Waals surface area contributed by atoms with Crippen molar-refractivity contribution in [1.82, 2.24) is 5.16 Å². The highest BCUT2D eigenvalue weighted by Gasteiger charge is 2.07. The SMILES string of the molecule is CCc1ccc(NC(N)=NCCCc2c(C)noc2C)cc1. The second-order valence-corrected chi connectivity index (χ2v) is 5.35. The van der Waals surface area contributed by atoms with E-state index in [-0.39, 0.29) is 0 Å². The highest BCUT2D eigenvalue weighted by atomic mass is 16.5. The summed E-state index contributed by atoms with van der Waals surface area (Å²) in [7, 11) is 0. The van der Waals surface area contributed by atoms with Gasteiger partial charge in [0.15, 0.2) is 5.96 Å². The van der Waals surface area contributed by atoms with Gasteiger partial charge in [-0.25, -0.2) is 0 Å².